The van der Waals surface area contributed by atoms with Crippen LogP contribution in [0, 0.1) is 0 Å². The summed E-state index contributed by atoms with van der Waals surface area (Å²) in [5, 5.41) is 16.0. The maximum Gasteiger partial charge on any atom is 0.331 e. The number of hydrogen-bond acceptors (Lipinski definition) is 3. The van der Waals surface area contributed by atoms with Crippen LogP contribution in [0.4, 0.5) is 4.79 Å². The van der Waals surface area contributed by atoms with Crippen molar-refractivity contribution in [2.24, 2.45) is 0 Å². The van der Waals surface area contributed by atoms with Crippen molar-refractivity contribution in [2.75, 3.05) is 6.54 Å². The second-order valence-electron chi connectivity index (χ2n) is 4.25. The Morgan fingerprint density at radius 2 is 2.16 bits per heavy atom. The van der Waals surface area contributed by atoms with E-state index < -0.39 is 18.0 Å². The highest BCUT2D eigenvalue weighted by Crippen LogP contribution is 2.18. The average molecular weight is 284 g/mol. The quantitative estimate of drug-likeness (QED) is 0.642. The van der Waals surface area contributed by atoms with Crippen molar-refractivity contribution in [1.29, 1.82) is 0 Å². The SMILES string of the molecule is CCCCCCNC(=O)NC(C(=O)O)c1cccs1. The average Bonchev–Trinajstić information content (AvgIpc) is 2.89. The van der Waals surface area contributed by atoms with Crippen molar-refractivity contribution >= 4 is 23.3 Å². The first-order valence-electron chi connectivity index (χ1n) is 6.45. The number of urea groups is 1. The molecule has 0 fully saturated rings. The van der Waals surface area contributed by atoms with E-state index in [4.69, 9.17) is 5.11 Å². The highest BCUT2D eigenvalue weighted by atomic mass is 32.1. The van der Waals surface area contributed by atoms with Crippen LogP contribution in [0.1, 0.15) is 43.5 Å². The van der Waals surface area contributed by atoms with Gasteiger partial charge < -0.3 is 15.7 Å². The Morgan fingerprint density at radius 1 is 1.37 bits per heavy atom. The van der Waals surface area contributed by atoms with E-state index in [0.717, 1.165) is 25.7 Å². The van der Waals surface area contributed by atoms with E-state index in [1.807, 2.05) is 0 Å². The molecular formula is C13H20N2O3S. The molecule has 0 bridgehead atoms. The van der Waals surface area contributed by atoms with Crippen LogP contribution < -0.4 is 10.6 Å². The van der Waals surface area contributed by atoms with Crippen molar-refractivity contribution in [3.05, 3.63) is 22.4 Å². The highest BCUT2D eigenvalue weighted by molar-refractivity contribution is 7.10. The van der Waals surface area contributed by atoms with Crippen LogP contribution in [0.5, 0.6) is 0 Å². The summed E-state index contributed by atoms with van der Waals surface area (Å²) in [4.78, 5) is 23.3. The minimum atomic E-state index is -1.05. The van der Waals surface area contributed by atoms with Gasteiger partial charge in [0.05, 0.1) is 0 Å². The van der Waals surface area contributed by atoms with E-state index in [1.54, 1.807) is 17.5 Å². The fraction of sp³-hybridized carbons (Fsp3) is 0.538. The Hall–Kier alpha value is -1.56. The smallest absolute Gasteiger partial charge is 0.331 e. The van der Waals surface area contributed by atoms with Gasteiger partial charge in [-0.25, -0.2) is 9.59 Å². The van der Waals surface area contributed by atoms with Crippen LogP contribution in [0.25, 0.3) is 0 Å². The number of aliphatic carboxylic acids is 1. The molecule has 0 saturated heterocycles. The fourth-order valence-electron chi connectivity index (χ4n) is 1.65. The van der Waals surface area contributed by atoms with Gasteiger partial charge in [-0.05, 0) is 17.9 Å². The Bertz CT molecular complexity index is 393. The third-order valence-electron chi connectivity index (χ3n) is 2.67. The first kappa shape index (κ1) is 15.5. The van der Waals surface area contributed by atoms with Gasteiger partial charge in [-0.15, -0.1) is 11.3 Å². The van der Waals surface area contributed by atoms with E-state index in [9.17, 15) is 9.59 Å². The summed E-state index contributed by atoms with van der Waals surface area (Å²) >= 11 is 1.31. The van der Waals surface area contributed by atoms with Crippen molar-refractivity contribution in [3.63, 3.8) is 0 Å². The molecule has 1 heterocycles. The van der Waals surface area contributed by atoms with Crippen LogP contribution in [-0.4, -0.2) is 23.7 Å². The van der Waals surface area contributed by atoms with Gasteiger partial charge in [-0.2, -0.15) is 0 Å². The molecule has 0 saturated carbocycles. The third-order valence-corrected chi connectivity index (χ3v) is 3.60. The van der Waals surface area contributed by atoms with Gasteiger partial charge in [-0.3, -0.25) is 0 Å². The summed E-state index contributed by atoms with van der Waals surface area (Å²) < 4.78 is 0. The first-order chi connectivity index (χ1) is 9.15. The van der Waals surface area contributed by atoms with Gasteiger partial charge in [0.25, 0.3) is 0 Å². The minimum absolute atomic E-state index is 0.433. The molecule has 2 amide bonds. The fourth-order valence-corrected chi connectivity index (χ4v) is 2.41. The molecule has 0 aliphatic heterocycles. The van der Waals surface area contributed by atoms with Gasteiger partial charge in [0.1, 0.15) is 0 Å². The number of hydrogen-bond donors (Lipinski definition) is 3. The maximum absolute atomic E-state index is 11.6. The normalized spacial score (nSPS) is 11.8. The number of carbonyl (C=O) groups excluding carboxylic acids is 1. The topological polar surface area (TPSA) is 78.4 Å². The van der Waals surface area contributed by atoms with E-state index in [-0.39, 0.29) is 0 Å². The zero-order chi connectivity index (χ0) is 14.1. The molecule has 5 nitrogen and oxygen atoms in total. The van der Waals surface area contributed by atoms with Crippen LogP contribution in [-0.2, 0) is 4.79 Å². The molecule has 0 aromatic carbocycles. The minimum Gasteiger partial charge on any atom is -0.479 e. The number of unbranched alkanes of at least 4 members (excludes halogenated alkanes) is 3. The molecule has 19 heavy (non-hydrogen) atoms. The lowest BCUT2D eigenvalue weighted by molar-refractivity contribution is -0.139. The maximum atomic E-state index is 11.6. The summed E-state index contributed by atoms with van der Waals surface area (Å²) in [6, 6.07) is 2.05. The summed E-state index contributed by atoms with van der Waals surface area (Å²) in [5.74, 6) is -1.05. The molecule has 1 atom stereocenters. The van der Waals surface area contributed by atoms with Gasteiger partial charge >= 0.3 is 12.0 Å². The molecule has 0 aliphatic carbocycles. The molecule has 0 aliphatic rings. The van der Waals surface area contributed by atoms with E-state index in [1.165, 1.54) is 11.3 Å². The number of amides is 2. The molecule has 3 N–H and O–H groups in total. The molecule has 1 aromatic heterocycles. The summed E-state index contributed by atoms with van der Waals surface area (Å²) in [5.41, 5.74) is 0. The van der Waals surface area contributed by atoms with Gasteiger partial charge in [0, 0.05) is 11.4 Å². The molecule has 1 unspecified atom stereocenters. The number of rotatable bonds is 8. The Morgan fingerprint density at radius 3 is 2.74 bits per heavy atom. The largest absolute Gasteiger partial charge is 0.479 e. The number of carboxylic acid groups (broad SMARTS) is 1. The third kappa shape index (κ3) is 5.74. The van der Waals surface area contributed by atoms with Crippen LogP contribution in [0.3, 0.4) is 0 Å². The number of carbonyl (C=O) groups is 2. The molecule has 0 spiro atoms. The Labute approximate surface area is 117 Å². The number of thiophene rings is 1. The lowest BCUT2D eigenvalue weighted by Crippen LogP contribution is -2.40. The van der Waals surface area contributed by atoms with E-state index in [2.05, 4.69) is 17.6 Å². The van der Waals surface area contributed by atoms with Gasteiger partial charge in [0.2, 0.25) is 0 Å². The predicted molar refractivity (Wildman–Crippen MR) is 75.4 cm³/mol. The van der Waals surface area contributed by atoms with Crippen LogP contribution >= 0.6 is 11.3 Å². The Balaban J connectivity index is 2.34. The summed E-state index contributed by atoms with van der Waals surface area (Å²) in [6.45, 7) is 2.70. The standard InChI is InChI=1S/C13H20N2O3S/c1-2-3-4-5-8-14-13(18)15-11(12(16)17)10-7-6-9-19-10/h6-7,9,11H,2-5,8H2,1H3,(H,16,17)(H2,14,15,18). The molecule has 106 valence electrons. The zero-order valence-electron chi connectivity index (χ0n) is 11.0. The van der Waals surface area contributed by atoms with E-state index >= 15 is 0 Å². The van der Waals surface area contributed by atoms with E-state index in [0.29, 0.717) is 11.4 Å². The lowest BCUT2D eigenvalue weighted by atomic mass is 10.2. The molecule has 0 radical (unpaired) electrons. The van der Waals surface area contributed by atoms with Crippen LogP contribution in [0.2, 0.25) is 0 Å². The van der Waals surface area contributed by atoms with Crippen molar-refractivity contribution in [1.82, 2.24) is 10.6 Å². The predicted octanol–water partition coefficient (Wildman–Crippen LogP) is 2.75. The monoisotopic (exact) mass is 284 g/mol. The van der Waals surface area contributed by atoms with Gasteiger partial charge in [-0.1, -0.05) is 32.3 Å². The molecule has 6 heteroatoms. The van der Waals surface area contributed by atoms with Crippen molar-refractivity contribution in [2.45, 2.75) is 38.6 Å². The van der Waals surface area contributed by atoms with Crippen molar-refractivity contribution in [3.8, 4) is 0 Å². The highest BCUT2D eigenvalue weighted by Gasteiger charge is 2.22. The Kier molecular flexibility index (Phi) is 6.95. The second-order valence-corrected chi connectivity index (χ2v) is 5.23. The summed E-state index contributed by atoms with van der Waals surface area (Å²) in [6.07, 6.45) is 4.28. The number of carboxylic acids is 1. The second kappa shape index (κ2) is 8.53. The number of nitrogens with one attached hydrogen (secondary N) is 2. The first-order valence-corrected chi connectivity index (χ1v) is 7.33. The molecule has 1 rings (SSSR count). The zero-order valence-corrected chi connectivity index (χ0v) is 11.8. The van der Waals surface area contributed by atoms with Gasteiger partial charge in [0.15, 0.2) is 6.04 Å². The van der Waals surface area contributed by atoms with Crippen LogP contribution in [0.15, 0.2) is 17.5 Å². The van der Waals surface area contributed by atoms with Crippen molar-refractivity contribution < 1.29 is 14.7 Å². The lowest BCUT2D eigenvalue weighted by Gasteiger charge is -2.13. The molecular weight excluding hydrogens is 264 g/mol. The summed E-state index contributed by atoms with van der Waals surface area (Å²) in [7, 11) is 0. The molecule has 1 aromatic rings.